The van der Waals surface area contributed by atoms with Crippen LogP contribution in [0.2, 0.25) is 0 Å². The molecule has 2 aromatic carbocycles. The van der Waals surface area contributed by atoms with Gasteiger partial charge in [-0.15, -0.1) is 11.8 Å². The molecule has 0 spiro atoms. The number of hydrogen-bond donors (Lipinski definition) is 0. The smallest absolute Gasteiger partial charge is 0.254 e. The Balaban J connectivity index is 1.54. The van der Waals surface area contributed by atoms with Crippen LogP contribution in [0.5, 0.6) is 11.5 Å². The van der Waals surface area contributed by atoms with Crippen molar-refractivity contribution in [3.8, 4) is 11.5 Å². The van der Waals surface area contributed by atoms with Crippen LogP contribution in [0.3, 0.4) is 0 Å². The molecular weight excluding hydrogens is 500 g/mol. The lowest BCUT2D eigenvalue weighted by molar-refractivity contribution is -0.134. The quantitative estimate of drug-likeness (QED) is 0.443. The van der Waals surface area contributed by atoms with E-state index in [1.807, 2.05) is 53.6 Å². The van der Waals surface area contributed by atoms with Gasteiger partial charge in [0, 0.05) is 49.9 Å². The van der Waals surface area contributed by atoms with Crippen LogP contribution in [0, 0.1) is 0 Å². The van der Waals surface area contributed by atoms with E-state index in [2.05, 4.69) is 9.88 Å². The predicted molar refractivity (Wildman–Crippen MR) is 148 cm³/mol. The van der Waals surface area contributed by atoms with Gasteiger partial charge in [-0.05, 0) is 53.8 Å². The fourth-order valence-corrected chi connectivity index (χ4v) is 5.83. The number of fused-ring (bicyclic) bond motifs is 1. The van der Waals surface area contributed by atoms with Crippen LogP contribution < -0.4 is 14.4 Å². The Morgan fingerprint density at radius 2 is 1.66 bits per heavy atom. The summed E-state index contributed by atoms with van der Waals surface area (Å²) in [5, 5.41) is 0. The second kappa shape index (κ2) is 10.9. The van der Waals surface area contributed by atoms with Crippen molar-refractivity contribution < 1.29 is 19.1 Å². The molecule has 8 nitrogen and oxygen atoms in total. The highest BCUT2D eigenvalue weighted by atomic mass is 32.2. The lowest BCUT2D eigenvalue weighted by Crippen LogP contribution is -2.53. The monoisotopic (exact) mass is 532 g/mol. The van der Waals surface area contributed by atoms with E-state index in [1.54, 1.807) is 56.3 Å². The Morgan fingerprint density at radius 3 is 2.26 bits per heavy atom. The molecule has 3 aromatic rings. The number of pyridine rings is 1. The van der Waals surface area contributed by atoms with Crippen LogP contribution in [0.4, 0.5) is 5.82 Å². The summed E-state index contributed by atoms with van der Waals surface area (Å²) in [4.78, 5) is 39.4. The van der Waals surface area contributed by atoms with E-state index in [-0.39, 0.29) is 11.8 Å². The highest BCUT2D eigenvalue weighted by molar-refractivity contribution is 7.98. The molecule has 198 valence electrons. The molecule has 3 heterocycles. The van der Waals surface area contributed by atoms with Crippen molar-refractivity contribution in [2.45, 2.75) is 16.9 Å². The van der Waals surface area contributed by atoms with E-state index in [4.69, 9.17) is 9.47 Å². The summed E-state index contributed by atoms with van der Waals surface area (Å²) in [5.74, 6) is 1.13. The van der Waals surface area contributed by atoms with Crippen molar-refractivity contribution in [2.24, 2.45) is 0 Å². The first-order valence-electron chi connectivity index (χ1n) is 12.6. The summed E-state index contributed by atoms with van der Waals surface area (Å²) < 4.78 is 11.1. The molecule has 1 saturated heterocycles. The zero-order chi connectivity index (χ0) is 26.8. The van der Waals surface area contributed by atoms with Gasteiger partial charge in [-0.2, -0.15) is 0 Å². The lowest BCUT2D eigenvalue weighted by atomic mass is 9.78. The van der Waals surface area contributed by atoms with Gasteiger partial charge in [0.25, 0.3) is 5.91 Å². The molecule has 0 radical (unpaired) electrons. The molecule has 0 bridgehead atoms. The fourth-order valence-electron chi connectivity index (χ4n) is 5.43. The number of thioether (sulfide) groups is 1. The number of methoxy groups -OCH3 is 2. The fraction of sp³-hybridized carbons (Fsp3) is 0.345. The third kappa shape index (κ3) is 4.67. The molecule has 0 N–H and O–H groups in total. The molecule has 1 aromatic heterocycles. The minimum Gasteiger partial charge on any atom is -0.493 e. The normalized spacial score (nSPS) is 19.3. The van der Waals surface area contributed by atoms with Gasteiger partial charge in [-0.25, -0.2) is 4.98 Å². The average Bonchev–Trinajstić information content (AvgIpc) is 2.98. The second-order valence-electron chi connectivity index (χ2n) is 9.41. The minimum atomic E-state index is -0.589. The molecule has 0 unspecified atom stereocenters. The van der Waals surface area contributed by atoms with Crippen LogP contribution in [0.1, 0.15) is 33.4 Å². The standard InChI is InChI=1S/C29H32N4O4S/c1-31-27(19-8-10-20(38-4)11-9-19)26(21-17-23(36-2)24(37-3)18-22(21)28(31)34)29(35)33-15-13-32(14-16-33)25-7-5-6-12-30-25/h5-12,17-18,26-27H,13-16H2,1-4H3/t26-,27-/m0/s1. The number of anilines is 1. The van der Waals surface area contributed by atoms with E-state index in [1.165, 1.54) is 0 Å². The van der Waals surface area contributed by atoms with E-state index < -0.39 is 12.0 Å². The maximum absolute atomic E-state index is 14.3. The molecule has 2 atom stereocenters. The summed E-state index contributed by atoms with van der Waals surface area (Å²) in [5.41, 5.74) is 2.05. The Morgan fingerprint density at radius 1 is 0.974 bits per heavy atom. The van der Waals surface area contributed by atoms with Gasteiger partial charge in [-0.3, -0.25) is 9.59 Å². The van der Waals surface area contributed by atoms with Crippen molar-refractivity contribution in [1.29, 1.82) is 0 Å². The van der Waals surface area contributed by atoms with E-state index in [9.17, 15) is 9.59 Å². The highest BCUT2D eigenvalue weighted by Gasteiger charge is 2.45. The average molecular weight is 533 g/mol. The molecule has 2 aliphatic heterocycles. The van der Waals surface area contributed by atoms with Gasteiger partial charge >= 0.3 is 0 Å². The number of ether oxygens (including phenoxy) is 2. The molecule has 9 heteroatoms. The molecule has 0 saturated carbocycles. The van der Waals surface area contributed by atoms with Crippen LogP contribution in [-0.2, 0) is 4.79 Å². The number of benzene rings is 2. The van der Waals surface area contributed by atoms with Gasteiger partial charge in [0.2, 0.25) is 5.91 Å². The number of aromatic nitrogens is 1. The zero-order valence-electron chi connectivity index (χ0n) is 22.1. The summed E-state index contributed by atoms with van der Waals surface area (Å²) in [6.45, 7) is 2.53. The number of amides is 2. The highest BCUT2D eigenvalue weighted by Crippen LogP contribution is 2.46. The predicted octanol–water partition coefficient (Wildman–Crippen LogP) is 4.08. The van der Waals surface area contributed by atoms with Gasteiger partial charge in [0.05, 0.1) is 26.2 Å². The van der Waals surface area contributed by atoms with Crippen molar-refractivity contribution in [3.05, 3.63) is 77.5 Å². The number of nitrogens with zero attached hydrogens (tertiary/aromatic N) is 4. The number of hydrogen-bond acceptors (Lipinski definition) is 7. The SMILES string of the molecule is COc1cc2c(cc1OC)[C@H](C(=O)N1CCN(c3ccccn3)CC1)[C@H](c1ccc(SC)cc1)N(C)C2=O. The first-order valence-corrected chi connectivity index (χ1v) is 13.8. The van der Waals surface area contributed by atoms with Gasteiger partial charge in [0.15, 0.2) is 11.5 Å². The molecule has 0 aliphatic carbocycles. The molecule has 2 amide bonds. The van der Waals surface area contributed by atoms with Gasteiger partial charge < -0.3 is 24.2 Å². The Kier molecular flexibility index (Phi) is 7.46. The minimum absolute atomic E-state index is 0.00238. The third-order valence-corrected chi connectivity index (χ3v) is 8.21. The first-order chi connectivity index (χ1) is 18.5. The molecule has 5 rings (SSSR count). The van der Waals surface area contributed by atoms with Crippen molar-refractivity contribution in [3.63, 3.8) is 0 Å². The Bertz CT molecular complexity index is 1310. The summed E-state index contributed by atoms with van der Waals surface area (Å²) >= 11 is 1.66. The number of rotatable bonds is 6. The molecular formula is C29H32N4O4S. The van der Waals surface area contributed by atoms with Crippen LogP contribution in [-0.4, -0.2) is 80.3 Å². The largest absolute Gasteiger partial charge is 0.493 e. The second-order valence-corrected chi connectivity index (χ2v) is 10.3. The van der Waals surface area contributed by atoms with Gasteiger partial charge in [-0.1, -0.05) is 18.2 Å². The first kappa shape index (κ1) is 25.9. The number of piperazine rings is 1. The summed E-state index contributed by atoms with van der Waals surface area (Å²) in [6.07, 6.45) is 3.81. The summed E-state index contributed by atoms with van der Waals surface area (Å²) in [7, 11) is 4.88. The van der Waals surface area contributed by atoms with E-state index in [0.29, 0.717) is 48.8 Å². The maximum atomic E-state index is 14.3. The molecule has 38 heavy (non-hydrogen) atoms. The zero-order valence-corrected chi connectivity index (χ0v) is 22.9. The van der Waals surface area contributed by atoms with Crippen LogP contribution >= 0.6 is 11.8 Å². The van der Waals surface area contributed by atoms with Crippen LogP contribution in [0.25, 0.3) is 0 Å². The topological polar surface area (TPSA) is 75.2 Å². The Labute approximate surface area is 227 Å². The maximum Gasteiger partial charge on any atom is 0.254 e. The molecule has 2 aliphatic rings. The van der Waals surface area contributed by atoms with E-state index >= 15 is 0 Å². The Hall–Kier alpha value is -3.72. The lowest BCUT2D eigenvalue weighted by Gasteiger charge is -2.43. The number of carbonyl (C=O) groups is 2. The van der Waals surface area contributed by atoms with Gasteiger partial charge in [0.1, 0.15) is 5.82 Å². The molecule has 1 fully saturated rings. The number of carbonyl (C=O) groups excluding carboxylic acids is 2. The van der Waals surface area contributed by atoms with Crippen molar-refractivity contribution in [2.75, 3.05) is 58.6 Å². The third-order valence-electron chi connectivity index (χ3n) is 7.46. The number of likely N-dealkylation sites (N-methyl/N-ethyl adjacent to an activating group) is 1. The summed E-state index contributed by atoms with van der Waals surface area (Å²) in [6, 6.07) is 17.0. The van der Waals surface area contributed by atoms with Crippen molar-refractivity contribution in [1.82, 2.24) is 14.8 Å². The van der Waals surface area contributed by atoms with E-state index in [0.717, 1.165) is 16.3 Å². The van der Waals surface area contributed by atoms with Crippen LogP contribution in [0.15, 0.2) is 65.7 Å². The van der Waals surface area contributed by atoms with Crippen molar-refractivity contribution >= 4 is 29.4 Å².